The zero-order valence-electron chi connectivity index (χ0n) is 25.9. The second-order valence-electron chi connectivity index (χ2n) is 10.8. The third-order valence-electron chi connectivity index (χ3n) is 7.14. The second kappa shape index (κ2) is 14.2. The van der Waals surface area contributed by atoms with E-state index in [9.17, 15) is 36.4 Å². The van der Waals surface area contributed by atoms with Crippen LogP contribution < -0.4 is 4.72 Å². The van der Waals surface area contributed by atoms with E-state index in [1.54, 1.807) is 47.2 Å². The van der Waals surface area contributed by atoms with Crippen LogP contribution in [0.2, 0.25) is 0 Å². The summed E-state index contributed by atoms with van der Waals surface area (Å²) in [5, 5.41) is 20.5. The number of nitrogens with one attached hydrogen (secondary N) is 1. The van der Waals surface area contributed by atoms with E-state index < -0.39 is 46.4 Å². The number of hydrazine groups is 1. The van der Waals surface area contributed by atoms with E-state index in [0.29, 0.717) is 5.56 Å². The number of ether oxygens (including phenoxy) is 2. The number of hydrogen-bond acceptors (Lipinski definition) is 10. The predicted molar refractivity (Wildman–Crippen MR) is 164 cm³/mol. The minimum absolute atomic E-state index is 0.0781. The van der Waals surface area contributed by atoms with Crippen molar-refractivity contribution in [1.29, 1.82) is 0 Å². The number of sulfonamides is 1. The Hall–Kier alpha value is -5.65. The summed E-state index contributed by atoms with van der Waals surface area (Å²) in [4.78, 5) is 29.2. The number of nitrogens with zero attached hydrogens (tertiary/aromatic N) is 5. The molecule has 1 amide bonds. The number of carbonyl (C=O) groups is 2. The highest BCUT2D eigenvalue weighted by molar-refractivity contribution is 7.90. The number of rotatable bonds is 10. The van der Waals surface area contributed by atoms with Crippen molar-refractivity contribution in [3.63, 3.8) is 0 Å². The van der Waals surface area contributed by atoms with Crippen molar-refractivity contribution >= 4 is 22.1 Å². The van der Waals surface area contributed by atoms with Gasteiger partial charge in [-0.2, -0.15) is 18.3 Å². The average Bonchev–Trinajstić information content (AvgIpc) is 3.72. The van der Waals surface area contributed by atoms with Gasteiger partial charge in [-0.3, -0.25) is 4.84 Å². The normalized spacial score (nSPS) is 15.8. The summed E-state index contributed by atoms with van der Waals surface area (Å²) in [7, 11) is -4.46. The molecule has 1 aliphatic heterocycles. The number of aromatic nitrogens is 2. The van der Waals surface area contributed by atoms with E-state index in [-0.39, 0.29) is 46.3 Å². The van der Waals surface area contributed by atoms with E-state index in [2.05, 4.69) is 10.4 Å². The van der Waals surface area contributed by atoms with Crippen LogP contribution in [0, 0.1) is 12.1 Å². The number of esters is 1. The smallest absolute Gasteiger partial charge is 0.435 e. The summed E-state index contributed by atoms with van der Waals surface area (Å²) >= 11 is 0. The van der Waals surface area contributed by atoms with Gasteiger partial charge in [0, 0.05) is 18.9 Å². The maximum absolute atomic E-state index is 13.5. The first-order chi connectivity index (χ1) is 23.2. The number of amides is 1. The quantitative estimate of drug-likeness (QED) is 0.0746. The highest BCUT2D eigenvalue weighted by Crippen LogP contribution is 2.33. The minimum atomic E-state index is -4.72. The fourth-order valence-electron chi connectivity index (χ4n) is 4.69. The molecule has 0 saturated carbocycles. The van der Waals surface area contributed by atoms with Gasteiger partial charge in [0.2, 0.25) is 5.28 Å². The Morgan fingerprint density at radius 1 is 1.06 bits per heavy atom. The molecule has 1 aromatic heterocycles. The maximum atomic E-state index is 13.5. The number of halogens is 3. The molecule has 0 bridgehead atoms. The lowest BCUT2D eigenvalue weighted by Gasteiger charge is -2.15. The van der Waals surface area contributed by atoms with Crippen LogP contribution >= 0.6 is 0 Å². The monoisotopic (exact) mass is 702 g/mol. The first kappa shape index (κ1) is 34.7. The maximum Gasteiger partial charge on any atom is 0.435 e. The van der Waals surface area contributed by atoms with Crippen molar-refractivity contribution in [2.45, 2.75) is 43.7 Å². The lowest BCUT2D eigenvalue weighted by molar-refractivity contribution is -0.709. The Morgan fingerprint density at radius 2 is 1.73 bits per heavy atom. The van der Waals surface area contributed by atoms with Gasteiger partial charge in [-0.05, 0) is 49.4 Å². The molecule has 1 fully saturated rings. The molecule has 0 radical (unpaired) electrons. The largest absolute Gasteiger partial charge is 0.569 e. The SMILES string of the molecule is Cc1ccc(-c2cc(C(F)(F)F)nn2-c2ccc(S(=O)(=O)NC(=O)OC3CCN(/[N+]([O-])=N\OC(C)OC(=O)c4ccccc4)C3)cc2)cc1. The lowest BCUT2D eigenvalue weighted by atomic mass is 10.1. The van der Waals surface area contributed by atoms with Crippen LogP contribution in [0.1, 0.15) is 35.0 Å². The lowest BCUT2D eigenvalue weighted by Crippen LogP contribution is -2.36. The van der Waals surface area contributed by atoms with Gasteiger partial charge in [-0.15, -0.1) is 5.01 Å². The molecule has 1 saturated heterocycles. The van der Waals surface area contributed by atoms with Crippen molar-refractivity contribution in [1.82, 2.24) is 19.5 Å². The molecular formula is C31H29F3N6O8S. The van der Waals surface area contributed by atoms with Crippen molar-refractivity contribution in [3.05, 3.63) is 107 Å². The van der Waals surface area contributed by atoms with Crippen molar-refractivity contribution in [3.8, 4) is 16.9 Å². The highest BCUT2D eigenvalue weighted by atomic mass is 32.2. The van der Waals surface area contributed by atoms with Gasteiger partial charge < -0.3 is 14.7 Å². The molecule has 1 aliphatic rings. The summed E-state index contributed by atoms with van der Waals surface area (Å²) in [6.45, 7) is 3.12. The van der Waals surface area contributed by atoms with Crippen LogP contribution in [0.25, 0.3) is 16.9 Å². The summed E-state index contributed by atoms with van der Waals surface area (Å²) in [6, 6.07) is 20.5. The van der Waals surface area contributed by atoms with E-state index in [1.807, 2.05) is 6.92 Å². The first-order valence-electron chi connectivity index (χ1n) is 14.6. The molecule has 49 heavy (non-hydrogen) atoms. The number of benzene rings is 3. The third-order valence-corrected chi connectivity index (χ3v) is 8.47. The van der Waals surface area contributed by atoms with E-state index >= 15 is 0 Å². The molecule has 14 nitrogen and oxygen atoms in total. The Bertz CT molecular complexity index is 1940. The Balaban J connectivity index is 1.17. The molecule has 4 aromatic rings. The molecule has 258 valence electrons. The third kappa shape index (κ3) is 8.64. The molecule has 5 rings (SSSR count). The molecule has 2 heterocycles. The van der Waals surface area contributed by atoms with Crippen LogP contribution in [-0.4, -0.2) is 65.7 Å². The molecule has 3 aromatic carbocycles. The zero-order valence-corrected chi connectivity index (χ0v) is 26.7. The fraction of sp³-hybridized carbons (Fsp3) is 0.258. The Kier molecular flexibility index (Phi) is 10.1. The van der Waals surface area contributed by atoms with Crippen LogP contribution in [-0.2, 0) is 30.5 Å². The molecular weight excluding hydrogens is 673 g/mol. The number of hydrogen-bond donors (Lipinski definition) is 1. The van der Waals surface area contributed by atoms with Crippen LogP contribution in [0.4, 0.5) is 18.0 Å². The standard InChI is InChI=1S/C31H29F3N6O8S/c1-20-8-10-22(11-9-20)27-18-28(31(32,33)34)35-39(27)24-12-14-26(15-13-24)49(44,45)36-30(42)47-25-16-17-38(19-25)40(43)37-48-21(2)46-29(41)23-6-4-3-5-7-23/h3-15,18,21,25H,16-17,19H2,1-2H3,(H,36,42)/b40-37+. The van der Waals surface area contributed by atoms with E-state index in [4.69, 9.17) is 14.3 Å². The van der Waals surface area contributed by atoms with E-state index in [1.165, 1.54) is 31.2 Å². The van der Waals surface area contributed by atoms with Gasteiger partial charge in [0.1, 0.15) is 12.6 Å². The molecule has 18 heteroatoms. The van der Waals surface area contributed by atoms with Crippen molar-refractivity contribution in [2.24, 2.45) is 5.28 Å². The van der Waals surface area contributed by atoms with Gasteiger partial charge in [0.25, 0.3) is 16.3 Å². The summed E-state index contributed by atoms with van der Waals surface area (Å²) in [5.41, 5.74) is 0.777. The van der Waals surface area contributed by atoms with Gasteiger partial charge in [0.15, 0.2) is 5.69 Å². The van der Waals surface area contributed by atoms with Gasteiger partial charge in [-0.1, -0.05) is 48.0 Å². The van der Waals surface area contributed by atoms with Gasteiger partial charge in [-0.25, -0.2) is 27.4 Å². The summed E-state index contributed by atoms with van der Waals surface area (Å²) in [5.74, 6) is -0.683. The molecule has 0 spiro atoms. The molecule has 1 N–H and O–H groups in total. The first-order valence-corrected chi connectivity index (χ1v) is 16.1. The van der Waals surface area contributed by atoms with Gasteiger partial charge >= 0.3 is 18.2 Å². The van der Waals surface area contributed by atoms with E-state index in [0.717, 1.165) is 33.5 Å². The minimum Gasteiger partial charge on any atom is -0.569 e. The number of aryl methyl sites for hydroxylation is 1. The highest BCUT2D eigenvalue weighted by Gasteiger charge is 2.36. The number of carbonyl (C=O) groups excluding carboxylic acids is 2. The molecule has 2 atom stereocenters. The Morgan fingerprint density at radius 3 is 2.39 bits per heavy atom. The topological polar surface area (TPSA) is 167 Å². The zero-order chi connectivity index (χ0) is 35.3. The fourth-order valence-corrected chi connectivity index (χ4v) is 5.57. The molecule has 0 aliphatic carbocycles. The Labute approximate surface area is 277 Å². The van der Waals surface area contributed by atoms with Crippen molar-refractivity contribution in [2.75, 3.05) is 13.1 Å². The second-order valence-corrected chi connectivity index (χ2v) is 12.5. The number of alkyl halides is 3. The van der Waals surface area contributed by atoms with Crippen LogP contribution in [0.3, 0.4) is 0 Å². The molecule has 2 unspecified atom stereocenters. The van der Waals surface area contributed by atoms with Crippen molar-refractivity contribution < 1.29 is 50.5 Å². The summed E-state index contributed by atoms with van der Waals surface area (Å²) < 4.78 is 79.4. The predicted octanol–water partition coefficient (Wildman–Crippen LogP) is 5.37. The summed E-state index contributed by atoms with van der Waals surface area (Å²) in [6.07, 6.45) is -7.97. The van der Waals surface area contributed by atoms with Crippen LogP contribution in [0.15, 0.2) is 95.1 Å². The van der Waals surface area contributed by atoms with Gasteiger partial charge in [0.05, 0.1) is 33.4 Å². The average molecular weight is 703 g/mol. The van der Waals surface area contributed by atoms with Crippen LogP contribution in [0.5, 0.6) is 0 Å².